The third-order valence-corrected chi connectivity index (χ3v) is 4.91. The van der Waals surface area contributed by atoms with E-state index in [1.807, 2.05) is 0 Å². The Morgan fingerprint density at radius 2 is 2.00 bits per heavy atom. The summed E-state index contributed by atoms with van der Waals surface area (Å²) in [6.45, 7) is 4.77. The molecule has 4 heteroatoms. The minimum atomic E-state index is -0.413. The molecule has 4 nitrogen and oxygen atoms in total. The summed E-state index contributed by atoms with van der Waals surface area (Å²) >= 11 is 0. The average molecular weight is 299 g/mol. The van der Waals surface area contributed by atoms with Gasteiger partial charge >= 0.3 is 0 Å². The Balaban J connectivity index is 1.56. The van der Waals surface area contributed by atoms with E-state index < -0.39 is 6.10 Å². The first-order valence-electron chi connectivity index (χ1n) is 8.90. The summed E-state index contributed by atoms with van der Waals surface area (Å²) in [5.74, 6) is 0.795. The van der Waals surface area contributed by atoms with Crippen LogP contribution in [0.15, 0.2) is 0 Å². The highest BCUT2D eigenvalue weighted by Gasteiger charge is 2.22. The number of aliphatic hydroxyl groups excluding tert-OH is 1. The molecule has 2 N–H and O–H groups in total. The first-order chi connectivity index (χ1) is 10.3. The lowest BCUT2D eigenvalue weighted by Crippen LogP contribution is -2.42. The van der Waals surface area contributed by atoms with Crippen molar-refractivity contribution >= 4 is 0 Å². The minimum Gasteiger partial charge on any atom is -0.389 e. The smallest absolute Gasteiger partial charge is 0.0897 e. The Kier molecular flexibility index (Phi) is 8.01. The van der Waals surface area contributed by atoms with Crippen LogP contribution < -0.4 is 5.32 Å². The van der Waals surface area contributed by atoms with Gasteiger partial charge in [-0.3, -0.25) is 0 Å². The molecule has 3 atom stereocenters. The van der Waals surface area contributed by atoms with Gasteiger partial charge in [-0.05, 0) is 38.0 Å². The average Bonchev–Trinajstić information content (AvgIpc) is 3.02. The lowest BCUT2D eigenvalue weighted by molar-refractivity contribution is -0.0174. The molecule has 0 aromatic heterocycles. The first kappa shape index (κ1) is 17.2. The fourth-order valence-electron chi connectivity index (χ4n) is 3.64. The van der Waals surface area contributed by atoms with Crippen molar-refractivity contribution in [2.24, 2.45) is 5.92 Å². The molecule has 1 saturated carbocycles. The zero-order valence-corrected chi connectivity index (χ0v) is 13.6. The summed E-state index contributed by atoms with van der Waals surface area (Å²) < 4.78 is 11.1. The van der Waals surface area contributed by atoms with Crippen molar-refractivity contribution < 1.29 is 14.6 Å². The number of ether oxygens (including phenoxy) is 2. The number of hydrogen-bond donors (Lipinski definition) is 2. The highest BCUT2D eigenvalue weighted by Crippen LogP contribution is 2.27. The molecule has 1 saturated heterocycles. The normalized spacial score (nSPS) is 26.9. The van der Waals surface area contributed by atoms with Gasteiger partial charge in [-0.25, -0.2) is 0 Å². The van der Waals surface area contributed by atoms with E-state index in [0.717, 1.165) is 31.8 Å². The van der Waals surface area contributed by atoms with E-state index in [0.29, 0.717) is 25.8 Å². The summed E-state index contributed by atoms with van der Waals surface area (Å²) in [5, 5.41) is 13.6. The van der Waals surface area contributed by atoms with Gasteiger partial charge in [-0.1, -0.05) is 26.2 Å². The van der Waals surface area contributed by atoms with E-state index in [9.17, 15) is 5.11 Å². The summed E-state index contributed by atoms with van der Waals surface area (Å²) in [4.78, 5) is 0. The molecular formula is C17H33NO3. The van der Waals surface area contributed by atoms with Gasteiger partial charge in [0.25, 0.3) is 0 Å². The van der Waals surface area contributed by atoms with Crippen LogP contribution in [0.1, 0.15) is 58.3 Å². The largest absolute Gasteiger partial charge is 0.389 e. The molecule has 0 aromatic carbocycles. The van der Waals surface area contributed by atoms with Crippen LogP contribution in [0.3, 0.4) is 0 Å². The van der Waals surface area contributed by atoms with Crippen molar-refractivity contribution in [2.75, 3.05) is 26.4 Å². The summed E-state index contributed by atoms with van der Waals surface area (Å²) in [7, 11) is 0. The van der Waals surface area contributed by atoms with Gasteiger partial charge in [0, 0.05) is 19.2 Å². The number of nitrogens with one attached hydrogen (secondary N) is 1. The topological polar surface area (TPSA) is 50.7 Å². The summed E-state index contributed by atoms with van der Waals surface area (Å²) in [6, 6.07) is 0.554. The van der Waals surface area contributed by atoms with Crippen LogP contribution in [0.5, 0.6) is 0 Å². The Morgan fingerprint density at radius 3 is 2.67 bits per heavy atom. The molecule has 2 aliphatic rings. The molecule has 0 spiro atoms. The zero-order chi connectivity index (χ0) is 14.9. The van der Waals surface area contributed by atoms with Crippen molar-refractivity contribution in [3.63, 3.8) is 0 Å². The SMILES string of the molecule is CCC(NCC(O)COCC1CCCO1)C1CCCCC1. The molecule has 2 fully saturated rings. The van der Waals surface area contributed by atoms with Gasteiger partial charge in [-0.15, -0.1) is 0 Å². The summed E-state index contributed by atoms with van der Waals surface area (Å²) in [5.41, 5.74) is 0. The molecule has 0 amide bonds. The molecule has 0 bridgehead atoms. The highest BCUT2D eigenvalue weighted by molar-refractivity contribution is 4.79. The first-order valence-corrected chi connectivity index (χ1v) is 8.90. The number of hydrogen-bond acceptors (Lipinski definition) is 4. The van der Waals surface area contributed by atoms with Crippen LogP contribution in [0.25, 0.3) is 0 Å². The second-order valence-electron chi connectivity index (χ2n) is 6.65. The van der Waals surface area contributed by atoms with E-state index in [1.165, 1.54) is 32.1 Å². The van der Waals surface area contributed by atoms with E-state index in [2.05, 4.69) is 12.2 Å². The number of aliphatic hydroxyl groups is 1. The second-order valence-corrected chi connectivity index (χ2v) is 6.65. The van der Waals surface area contributed by atoms with Gasteiger partial charge in [0.15, 0.2) is 0 Å². The maximum Gasteiger partial charge on any atom is 0.0897 e. The third kappa shape index (κ3) is 6.23. The molecule has 1 heterocycles. The van der Waals surface area contributed by atoms with Crippen LogP contribution in [0, 0.1) is 5.92 Å². The van der Waals surface area contributed by atoms with Crippen molar-refractivity contribution in [2.45, 2.75) is 76.5 Å². The Bertz CT molecular complexity index is 263. The quantitative estimate of drug-likeness (QED) is 0.687. The molecule has 3 unspecified atom stereocenters. The Labute approximate surface area is 129 Å². The van der Waals surface area contributed by atoms with Gasteiger partial charge < -0.3 is 19.9 Å². The van der Waals surface area contributed by atoms with Gasteiger partial charge in [-0.2, -0.15) is 0 Å². The van der Waals surface area contributed by atoms with Gasteiger partial charge in [0.2, 0.25) is 0 Å². The predicted molar refractivity (Wildman–Crippen MR) is 84.5 cm³/mol. The highest BCUT2D eigenvalue weighted by atomic mass is 16.5. The van der Waals surface area contributed by atoms with Crippen LogP contribution in [-0.4, -0.2) is 49.7 Å². The van der Waals surface area contributed by atoms with E-state index in [4.69, 9.17) is 9.47 Å². The third-order valence-electron chi connectivity index (χ3n) is 4.91. The van der Waals surface area contributed by atoms with E-state index >= 15 is 0 Å². The molecule has 0 radical (unpaired) electrons. The predicted octanol–water partition coefficient (Wildman–Crippen LogP) is 2.49. The zero-order valence-electron chi connectivity index (χ0n) is 13.6. The monoisotopic (exact) mass is 299 g/mol. The maximum atomic E-state index is 10.0. The van der Waals surface area contributed by atoms with Gasteiger partial charge in [0.1, 0.15) is 0 Å². The van der Waals surface area contributed by atoms with Crippen molar-refractivity contribution in [1.29, 1.82) is 0 Å². The van der Waals surface area contributed by atoms with E-state index in [-0.39, 0.29) is 6.10 Å². The van der Waals surface area contributed by atoms with Crippen LogP contribution in [0.4, 0.5) is 0 Å². The molecule has 124 valence electrons. The second kappa shape index (κ2) is 9.78. The van der Waals surface area contributed by atoms with Gasteiger partial charge in [0.05, 0.1) is 25.4 Å². The van der Waals surface area contributed by atoms with Crippen LogP contribution in [0.2, 0.25) is 0 Å². The molecule has 1 aliphatic heterocycles. The fourth-order valence-corrected chi connectivity index (χ4v) is 3.64. The maximum absolute atomic E-state index is 10.0. The van der Waals surface area contributed by atoms with Crippen molar-refractivity contribution in [3.05, 3.63) is 0 Å². The molecule has 21 heavy (non-hydrogen) atoms. The minimum absolute atomic E-state index is 0.246. The molecule has 1 aliphatic carbocycles. The Morgan fingerprint density at radius 1 is 1.19 bits per heavy atom. The molecular weight excluding hydrogens is 266 g/mol. The van der Waals surface area contributed by atoms with E-state index in [1.54, 1.807) is 0 Å². The lowest BCUT2D eigenvalue weighted by atomic mass is 9.83. The summed E-state index contributed by atoms with van der Waals surface area (Å²) in [6.07, 6.45) is 10.0. The van der Waals surface area contributed by atoms with Crippen molar-refractivity contribution in [1.82, 2.24) is 5.32 Å². The van der Waals surface area contributed by atoms with Crippen LogP contribution in [-0.2, 0) is 9.47 Å². The molecule has 2 rings (SSSR count). The lowest BCUT2D eigenvalue weighted by Gasteiger charge is -2.31. The molecule has 0 aromatic rings. The van der Waals surface area contributed by atoms with Crippen LogP contribution >= 0.6 is 0 Å². The Hall–Kier alpha value is -0.160. The van der Waals surface area contributed by atoms with Crippen molar-refractivity contribution in [3.8, 4) is 0 Å². The number of rotatable bonds is 9. The standard InChI is InChI=1S/C17H33NO3/c1-2-17(14-7-4-3-5-8-14)18-11-15(19)12-20-13-16-9-6-10-21-16/h14-19H,2-13H2,1H3. The fraction of sp³-hybridized carbons (Fsp3) is 1.00.